The van der Waals surface area contributed by atoms with Crippen molar-refractivity contribution in [1.29, 1.82) is 0 Å². The topological polar surface area (TPSA) is 82.2 Å². The zero-order chi connectivity index (χ0) is 17.4. The van der Waals surface area contributed by atoms with Crippen LogP contribution >= 0.6 is 0 Å². The molecule has 7 nitrogen and oxygen atoms in total. The number of fused-ring (bicyclic) bond motifs is 1. The Morgan fingerprint density at radius 3 is 3.04 bits per heavy atom. The molecule has 0 bridgehead atoms. The number of rotatable bonds is 4. The minimum absolute atomic E-state index is 0.257. The lowest BCUT2D eigenvalue weighted by Crippen LogP contribution is -2.40. The van der Waals surface area contributed by atoms with Crippen molar-refractivity contribution in [3.8, 4) is 0 Å². The molecule has 1 aliphatic rings. The normalized spacial score (nSPS) is 20.2. The van der Waals surface area contributed by atoms with Crippen LogP contribution in [0.1, 0.15) is 34.7 Å². The zero-order valence-electron chi connectivity index (χ0n) is 14.3. The lowest BCUT2D eigenvalue weighted by atomic mass is 9.93. The van der Waals surface area contributed by atoms with E-state index in [-0.39, 0.29) is 11.7 Å². The van der Waals surface area contributed by atoms with E-state index in [0.717, 1.165) is 24.1 Å². The van der Waals surface area contributed by atoms with Gasteiger partial charge in [-0.05, 0) is 31.9 Å². The molecule has 3 aromatic rings. The molecule has 0 aliphatic carbocycles. The summed E-state index contributed by atoms with van der Waals surface area (Å²) in [6, 6.07) is 5.35. The van der Waals surface area contributed by atoms with E-state index >= 15 is 0 Å². The molecule has 1 saturated heterocycles. The van der Waals surface area contributed by atoms with Crippen LogP contribution in [0.15, 0.2) is 35.0 Å². The average molecular weight is 340 g/mol. The Hall–Kier alpha value is -2.67. The van der Waals surface area contributed by atoms with Crippen molar-refractivity contribution >= 4 is 17.0 Å². The second-order valence-corrected chi connectivity index (χ2v) is 6.48. The molecule has 3 aromatic heterocycles. The first-order chi connectivity index (χ1) is 12.1. The maximum Gasteiger partial charge on any atom is 0.287 e. The quantitative estimate of drug-likeness (QED) is 0.788. The van der Waals surface area contributed by atoms with E-state index in [1.54, 1.807) is 16.9 Å². The third kappa shape index (κ3) is 2.91. The maximum absolute atomic E-state index is 12.5. The number of amides is 1. The molecule has 7 heteroatoms. The van der Waals surface area contributed by atoms with Crippen LogP contribution < -0.4 is 5.32 Å². The number of nitrogens with zero attached hydrogens (tertiary/aromatic N) is 3. The summed E-state index contributed by atoms with van der Waals surface area (Å²) in [5.74, 6) is -0.0122. The molecule has 25 heavy (non-hydrogen) atoms. The molecule has 0 aromatic carbocycles. The van der Waals surface area contributed by atoms with Crippen molar-refractivity contribution < 1.29 is 13.9 Å². The molecule has 0 saturated carbocycles. The third-order valence-electron chi connectivity index (χ3n) is 4.61. The number of carbonyl (C=O) groups excluding carboxylic acids is 1. The predicted octanol–water partition coefficient (Wildman–Crippen LogP) is 2.31. The summed E-state index contributed by atoms with van der Waals surface area (Å²) in [6.07, 6.45) is 5.54. The molecular formula is C18H20N4O3. The number of aryl methyl sites for hydroxylation is 2. The minimum Gasteiger partial charge on any atom is -0.449 e. The number of furan rings is 1. The third-order valence-corrected chi connectivity index (χ3v) is 4.61. The zero-order valence-corrected chi connectivity index (χ0v) is 14.3. The van der Waals surface area contributed by atoms with Crippen molar-refractivity contribution in [2.24, 2.45) is 7.05 Å². The van der Waals surface area contributed by atoms with Gasteiger partial charge in [0, 0.05) is 37.2 Å². The highest BCUT2D eigenvalue weighted by Gasteiger charge is 2.38. The monoisotopic (exact) mass is 340 g/mol. The first kappa shape index (κ1) is 15.8. The highest BCUT2D eigenvalue weighted by molar-refractivity contribution is 5.95. The van der Waals surface area contributed by atoms with Gasteiger partial charge in [0.25, 0.3) is 5.91 Å². The van der Waals surface area contributed by atoms with Gasteiger partial charge in [-0.2, -0.15) is 5.10 Å². The largest absolute Gasteiger partial charge is 0.449 e. The predicted molar refractivity (Wildman–Crippen MR) is 91.2 cm³/mol. The van der Waals surface area contributed by atoms with E-state index in [2.05, 4.69) is 15.4 Å². The van der Waals surface area contributed by atoms with E-state index in [9.17, 15) is 4.79 Å². The molecule has 130 valence electrons. The Balaban J connectivity index is 1.53. The van der Waals surface area contributed by atoms with E-state index < -0.39 is 5.60 Å². The molecular weight excluding hydrogens is 320 g/mol. The smallest absolute Gasteiger partial charge is 0.287 e. The van der Waals surface area contributed by atoms with Gasteiger partial charge in [-0.15, -0.1) is 0 Å². The molecule has 0 radical (unpaired) electrons. The Kier molecular flexibility index (Phi) is 3.80. The van der Waals surface area contributed by atoms with Crippen LogP contribution in [0.25, 0.3) is 11.1 Å². The Labute approximate surface area is 145 Å². The number of nitrogens with one attached hydrogen (secondary N) is 1. The average Bonchev–Trinajstić information content (AvgIpc) is 3.31. The second-order valence-electron chi connectivity index (χ2n) is 6.48. The van der Waals surface area contributed by atoms with Crippen molar-refractivity contribution in [3.63, 3.8) is 0 Å². The van der Waals surface area contributed by atoms with Crippen molar-refractivity contribution in [3.05, 3.63) is 47.6 Å². The molecule has 4 heterocycles. The summed E-state index contributed by atoms with van der Waals surface area (Å²) in [7, 11) is 1.87. The lowest BCUT2D eigenvalue weighted by Gasteiger charge is -2.27. The van der Waals surface area contributed by atoms with Gasteiger partial charge in [-0.1, -0.05) is 0 Å². The molecule has 1 amide bonds. The Bertz CT molecular complexity index is 921. The van der Waals surface area contributed by atoms with Crippen LogP contribution in [-0.2, 0) is 17.4 Å². The first-order valence-electron chi connectivity index (χ1n) is 8.34. The van der Waals surface area contributed by atoms with Crippen LogP contribution in [0.2, 0.25) is 0 Å². The highest BCUT2D eigenvalue weighted by Crippen LogP contribution is 2.35. The summed E-state index contributed by atoms with van der Waals surface area (Å²) in [4.78, 5) is 16.9. The van der Waals surface area contributed by atoms with Crippen molar-refractivity contribution in [2.75, 3.05) is 13.2 Å². The molecule has 1 fully saturated rings. The maximum atomic E-state index is 12.5. The van der Waals surface area contributed by atoms with E-state index in [4.69, 9.17) is 9.15 Å². The molecule has 1 N–H and O–H groups in total. The van der Waals surface area contributed by atoms with Crippen molar-refractivity contribution in [1.82, 2.24) is 20.1 Å². The summed E-state index contributed by atoms with van der Waals surface area (Å²) in [5, 5.41) is 7.17. The fourth-order valence-corrected chi connectivity index (χ4v) is 3.27. The SMILES string of the molecule is Cc1ccc2oc(C(=O)NCC3(c4cnn(C)c4)CCCO3)cc2n1. The van der Waals surface area contributed by atoms with Gasteiger partial charge in [0.05, 0.1) is 12.7 Å². The van der Waals surface area contributed by atoms with E-state index in [1.807, 2.05) is 32.3 Å². The van der Waals surface area contributed by atoms with Crippen LogP contribution in [0, 0.1) is 6.92 Å². The molecule has 1 aliphatic heterocycles. The van der Waals surface area contributed by atoms with Gasteiger partial charge < -0.3 is 14.5 Å². The fourth-order valence-electron chi connectivity index (χ4n) is 3.27. The molecule has 4 rings (SSSR count). The van der Waals surface area contributed by atoms with Gasteiger partial charge in [0.15, 0.2) is 11.3 Å². The fraction of sp³-hybridized carbons (Fsp3) is 0.389. The Morgan fingerprint density at radius 2 is 2.32 bits per heavy atom. The van der Waals surface area contributed by atoms with Crippen molar-refractivity contribution in [2.45, 2.75) is 25.4 Å². The Morgan fingerprint density at radius 1 is 1.44 bits per heavy atom. The standard InChI is InChI=1S/C18H20N4O3/c1-12-4-5-15-14(21-12)8-16(25-15)17(23)19-11-18(6-3-7-24-18)13-9-20-22(2)10-13/h4-5,8-10H,3,6-7,11H2,1-2H3,(H,19,23). The summed E-state index contributed by atoms with van der Waals surface area (Å²) >= 11 is 0. The number of aromatic nitrogens is 3. The number of hydrogen-bond acceptors (Lipinski definition) is 5. The number of ether oxygens (including phenoxy) is 1. The van der Waals surface area contributed by atoms with E-state index in [1.165, 1.54) is 0 Å². The summed E-state index contributed by atoms with van der Waals surface area (Å²) in [5.41, 5.74) is 2.63. The molecule has 1 atom stereocenters. The molecule has 1 unspecified atom stereocenters. The van der Waals surface area contributed by atoms with Gasteiger partial charge in [0.2, 0.25) is 0 Å². The highest BCUT2D eigenvalue weighted by atomic mass is 16.5. The van der Waals surface area contributed by atoms with Gasteiger partial charge in [-0.25, -0.2) is 4.98 Å². The number of pyridine rings is 1. The summed E-state index contributed by atoms with van der Waals surface area (Å²) < 4.78 is 13.3. The number of carbonyl (C=O) groups is 1. The minimum atomic E-state index is -0.523. The van der Waals surface area contributed by atoms with Gasteiger partial charge in [-0.3, -0.25) is 9.48 Å². The lowest BCUT2D eigenvalue weighted by molar-refractivity contribution is 0.00111. The van der Waals surface area contributed by atoms with Crippen LogP contribution in [0.3, 0.4) is 0 Å². The van der Waals surface area contributed by atoms with E-state index in [0.29, 0.717) is 24.3 Å². The number of hydrogen-bond donors (Lipinski definition) is 1. The summed E-state index contributed by atoms with van der Waals surface area (Å²) in [6.45, 7) is 2.96. The molecule has 0 spiro atoms. The van der Waals surface area contributed by atoms with Crippen LogP contribution in [-0.4, -0.2) is 33.8 Å². The van der Waals surface area contributed by atoms with Gasteiger partial charge >= 0.3 is 0 Å². The second kappa shape index (κ2) is 6.00. The van der Waals surface area contributed by atoms with Gasteiger partial charge in [0.1, 0.15) is 11.1 Å². The first-order valence-corrected chi connectivity index (χ1v) is 8.34. The van der Waals surface area contributed by atoms with Crippen LogP contribution in [0.5, 0.6) is 0 Å². The van der Waals surface area contributed by atoms with Crippen LogP contribution in [0.4, 0.5) is 0 Å².